The van der Waals surface area contributed by atoms with Gasteiger partial charge in [-0.05, 0) is 29.8 Å². The second-order valence-electron chi connectivity index (χ2n) is 4.25. The molecule has 0 unspecified atom stereocenters. The van der Waals surface area contributed by atoms with E-state index >= 15 is 0 Å². The van der Waals surface area contributed by atoms with Crippen LogP contribution in [0.5, 0.6) is 0 Å². The number of rotatable bonds is 3. The van der Waals surface area contributed by atoms with E-state index in [0.29, 0.717) is 16.2 Å². The molecule has 0 fully saturated rings. The summed E-state index contributed by atoms with van der Waals surface area (Å²) in [5, 5.41) is 0.00971. The van der Waals surface area contributed by atoms with Crippen LogP contribution < -0.4 is 5.73 Å². The maximum atomic E-state index is 13.3. The van der Waals surface area contributed by atoms with E-state index in [1.54, 1.807) is 6.07 Å². The van der Waals surface area contributed by atoms with E-state index in [-0.39, 0.29) is 10.7 Å². The lowest BCUT2D eigenvalue weighted by atomic mass is 10.2. The zero-order valence-electron chi connectivity index (χ0n) is 10.5. The van der Waals surface area contributed by atoms with E-state index in [9.17, 15) is 17.6 Å². The highest BCUT2D eigenvalue weighted by atomic mass is 35.5. The number of anilines is 1. The van der Waals surface area contributed by atoms with Crippen molar-refractivity contribution in [2.75, 3.05) is 5.73 Å². The Morgan fingerprint density at radius 1 is 1.14 bits per heavy atom. The second-order valence-corrected chi connectivity index (χ2v) is 5.65. The molecule has 0 aliphatic heterocycles. The van der Waals surface area contributed by atoms with Gasteiger partial charge >= 0.3 is 6.18 Å². The number of hydrogen-bond donors (Lipinski definition) is 1. The minimum atomic E-state index is -4.43. The highest BCUT2D eigenvalue weighted by Crippen LogP contribution is 2.36. The van der Waals surface area contributed by atoms with E-state index in [1.165, 1.54) is 30.0 Å². The standard InChI is InChI=1S/C14H10ClF4NS/c15-13-8(2-1-3-10(13)16)7-21-12-5-4-9(6-11(12)20)14(17,18)19/h1-6H,7,20H2. The van der Waals surface area contributed by atoms with Crippen molar-refractivity contribution in [2.45, 2.75) is 16.8 Å². The van der Waals surface area contributed by atoms with E-state index in [1.807, 2.05) is 0 Å². The zero-order chi connectivity index (χ0) is 15.6. The zero-order valence-corrected chi connectivity index (χ0v) is 12.1. The van der Waals surface area contributed by atoms with Crippen molar-refractivity contribution in [2.24, 2.45) is 0 Å². The molecule has 2 aromatic carbocycles. The highest BCUT2D eigenvalue weighted by Gasteiger charge is 2.30. The molecule has 0 aliphatic rings. The monoisotopic (exact) mass is 335 g/mol. The van der Waals surface area contributed by atoms with Crippen molar-refractivity contribution in [3.8, 4) is 0 Å². The molecule has 7 heteroatoms. The Bertz CT molecular complexity index is 658. The quantitative estimate of drug-likeness (QED) is 0.463. The van der Waals surface area contributed by atoms with Crippen LogP contribution in [-0.4, -0.2) is 0 Å². The van der Waals surface area contributed by atoms with Crippen molar-refractivity contribution >= 4 is 29.1 Å². The summed E-state index contributed by atoms with van der Waals surface area (Å²) >= 11 is 7.01. The third-order valence-electron chi connectivity index (χ3n) is 2.75. The first-order valence-electron chi connectivity index (χ1n) is 5.81. The smallest absolute Gasteiger partial charge is 0.398 e. The van der Waals surface area contributed by atoms with Gasteiger partial charge in [-0.25, -0.2) is 4.39 Å². The molecule has 0 radical (unpaired) electrons. The number of nitrogens with two attached hydrogens (primary N) is 1. The molecule has 0 atom stereocenters. The number of halogens is 5. The van der Waals surface area contributed by atoms with Gasteiger partial charge in [0.2, 0.25) is 0 Å². The summed E-state index contributed by atoms with van der Waals surface area (Å²) in [6.07, 6.45) is -4.43. The minimum Gasteiger partial charge on any atom is -0.398 e. The summed E-state index contributed by atoms with van der Waals surface area (Å²) in [6, 6.07) is 7.56. The summed E-state index contributed by atoms with van der Waals surface area (Å²) < 4.78 is 50.9. The lowest BCUT2D eigenvalue weighted by molar-refractivity contribution is -0.137. The molecule has 0 saturated carbocycles. The Balaban J connectivity index is 2.16. The van der Waals surface area contributed by atoms with Crippen molar-refractivity contribution in [1.82, 2.24) is 0 Å². The summed E-state index contributed by atoms with van der Waals surface area (Å²) in [5.41, 5.74) is 5.41. The number of hydrogen-bond acceptors (Lipinski definition) is 2. The van der Waals surface area contributed by atoms with Crippen LogP contribution in [0, 0.1) is 5.82 Å². The van der Waals surface area contributed by atoms with Crippen molar-refractivity contribution in [3.05, 3.63) is 58.4 Å². The van der Waals surface area contributed by atoms with E-state index in [4.69, 9.17) is 17.3 Å². The van der Waals surface area contributed by atoms with E-state index < -0.39 is 17.6 Å². The molecule has 2 aromatic rings. The van der Waals surface area contributed by atoms with Crippen LogP contribution in [0.1, 0.15) is 11.1 Å². The fourth-order valence-electron chi connectivity index (χ4n) is 1.67. The van der Waals surface area contributed by atoms with Crippen molar-refractivity contribution in [1.29, 1.82) is 0 Å². The van der Waals surface area contributed by atoms with Crippen molar-refractivity contribution < 1.29 is 17.6 Å². The first-order chi connectivity index (χ1) is 9.79. The average molecular weight is 336 g/mol. The second kappa shape index (κ2) is 6.15. The van der Waals surface area contributed by atoms with Crippen LogP contribution in [0.4, 0.5) is 23.2 Å². The molecule has 0 saturated heterocycles. The van der Waals surface area contributed by atoms with Crippen LogP contribution in [0.2, 0.25) is 5.02 Å². The highest BCUT2D eigenvalue weighted by molar-refractivity contribution is 7.98. The molecule has 0 spiro atoms. The lowest BCUT2D eigenvalue weighted by Crippen LogP contribution is -2.05. The number of nitrogen functional groups attached to an aromatic ring is 1. The third kappa shape index (κ3) is 3.83. The molecule has 112 valence electrons. The fraction of sp³-hybridized carbons (Fsp3) is 0.143. The van der Waals surface area contributed by atoms with Gasteiger partial charge in [-0.3, -0.25) is 0 Å². The molecule has 1 nitrogen and oxygen atoms in total. The van der Waals surface area contributed by atoms with Gasteiger partial charge in [0, 0.05) is 16.3 Å². The fourth-order valence-corrected chi connectivity index (χ4v) is 2.89. The van der Waals surface area contributed by atoms with Crippen LogP contribution in [0.3, 0.4) is 0 Å². The van der Waals surface area contributed by atoms with E-state index in [0.717, 1.165) is 12.1 Å². The molecule has 0 amide bonds. The predicted molar refractivity (Wildman–Crippen MR) is 76.8 cm³/mol. The van der Waals surface area contributed by atoms with Crippen LogP contribution >= 0.6 is 23.4 Å². The van der Waals surface area contributed by atoms with Crippen LogP contribution in [0.15, 0.2) is 41.3 Å². The topological polar surface area (TPSA) is 26.0 Å². The maximum absolute atomic E-state index is 13.3. The molecule has 0 aliphatic carbocycles. The SMILES string of the molecule is Nc1cc(C(F)(F)F)ccc1SCc1cccc(F)c1Cl. The van der Waals surface area contributed by atoms with Gasteiger partial charge in [0.05, 0.1) is 10.6 Å². The van der Waals surface area contributed by atoms with Gasteiger partial charge in [0.15, 0.2) is 0 Å². The number of benzene rings is 2. The molecule has 21 heavy (non-hydrogen) atoms. The average Bonchev–Trinajstić information content (AvgIpc) is 2.40. The van der Waals surface area contributed by atoms with Gasteiger partial charge in [-0.1, -0.05) is 23.7 Å². The maximum Gasteiger partial charge on any atom is 0.416 e. The van der Waals surface area contributed by atoms with Gasteiger partial charge in [-0.15, -0.1) is 11.8 Å². The van der Waals surface area contributed by atoms with E-state index in [2.05, 4.69) is 0 Å². The first kappa shape index (κ1) is 16.0. The normalized spacial score (nSPS) is 11.7. The molecule has 0 heterocycles. The Morgan fingerprint density at radius 3 is 2.48 bits per heavy atom. The number of alkyl halides is 3. The summed E-state index contributed by atoms with van der Waals surface area (Å²) in [4.78, 5) is 0.489. The lowest BCUT2D eigenvalue weighted by Gasteiger charge is -2.11. The Labute approximate surface area is 128 Å². The molecule has 2 N–H and O–H groups in total. The largest absolute Gasteiger partial charge is 0.416 e. The summed E-state index contributed by atoms with van der Waals surface area (Å²) in [6.45, 7) is 0. The first-order valence-corrected chi connectivity index (χ1v) is 7.18. The van der Waals surface area contributed by atoms with Crippen molar-refractivity contribution in [3.63, 3.8) is 0 Å². The summed E-state index contributed by atoms with van der Waals surface area (Å²) in [7, 11) is 0. The Kier molecular flexibility index (Phi) is 4.68. The minimum absolute atomic E-state index is 0.00971. The van der Waals surface area contributed by atoms with Gasteiger partial charge in [0.1, 0.15) is 5.82 Å². The Hall–Kier alpha value is -1.40. The summed E-state index contributed by atoms with van der Waals surface area (Å²) in [5.74, 6) is -0.221. The Morgan fingerprint density at radius 2 is 1.86 bits per heavy atom. The molecule has 0 bridgehead atoms. The molecular formula is C14H10ClF4NS. The van der Waals surface area contributed by atoms with Gasteiger partial charge in [-0.2, -0.15) is 13.2 Å². The molecular weight excluding hydrogens is 326 g/mol. The molecule has 2 rings (SSSR count). The molecule has 0 aromatic heterocycles. The number of thioether (sulfide) groups is 1. The predicted octanol–water partition coefficient (Wildman–Crippen LogP) is 5.37. The van der Waals surface area contributed by atoms with Crippen LogP contribution in [-0.2, 0) is 11.9 Å². The van der Waals surface area contributed by atoms with Gasteiger partial charge in [0.25, 0.3) is 0 Å². The van der Waals surface area contributed by atoms with Gasteiger partial charge < -0.3 is 5.73 Å². The van der Waals surface area contributed by atoms with Crippen LogP contribution in [0.25, 0.3) is 0 Å². The third-order valence-corrected chi connectivity index (χ3v) is 4.31.